The SMILES string of the molecule is O=S(=O)(c1ccccc1)C1NCCN(CCO)C1Br. The number of halogens is 1. The van der Waals surface area contributed by atoms with Gasteiger partial charge in [-0.25, -0.2) is 8.42 Å². The van der Waals surface area contributed by atoms with Crippen molar-refractivity contribution in [1.82, 2.24) is 10.2 Å². The largest absolute Gasteiger partial charge is 0.395 e. The van der Waals surface area contributed by atoms with Crippen LogP contribution < -0.4 is 5.32 Å². The van der Waals surface area contributed by atoms with E-state index in [4.69, 9.17) is 5.11 Å². The van der Waals surface area contributed by atoms with Gasteiger partial charge in [0.2, 0.25) is 0 Å². The molecular formula is C12H17BrN2O3S. The first-order valence-corrected chi connectivity index (χ1v) is 8.55. The van der Waals surface area contributed by atoms with Crippen LogP contribution in [0, 0.1) is 0 Å². The fourth-order valence-electron chi connectivity index (χ4n) is 2.14. The maximum atomic E-state index is 12.6. The standard InChI is InChI=1S/C12H17BrN2O3S/c13-11-12(14-6-7-15(11)8-9-16)19(17,18)10-4-2-1-3-5-10/h1-5,11-12,14,16H,6-9H2. The number of alkyl halides is 1. The van der Waals surface area contributed by atoms with E-state index in [1.165, 1.54) is 0 Å². The summed E-state index contributed by atoms with van der Waals surface area (Å²) in [6.07, 6.45) is 0. The monoisotopic (exact) mass is 348 g/mol. The van der Waals surface area contributed by atoms with E-state index in [1.54, 1.807) is 30.3 Å². The van der Waals surface area contributed by atoms with Crippen LogP contribution >= 0.6 is 15.9 Å². The van der Waals surface area contributed by atoms with Crippen LogP contribution in [-0.4, -0.2) is 55.0 Å². The summed E-state index contributed by atoms with van der Waals surface area (Å²) in [7, 11) is -3.44. The number of rotatable bonds is 4. The van der Waals surface area contributed by atoms with Gasteiger partial charge in [-0.2, -0.15) is 0 Å². The van der Waals surface area contributed by atoms with Crippen molar-refractivity contribution in [3.63, 3.8) is 0 Å². The lowest BCUT2D eigenvalue weighted by Gasteiger charge is -2.37. The third kappa shape index (κ3) is 3.17. The fraction of sp³-hybridized carbons (Fsp3) is 0.500. The van der Waals surface area contributed by atoms with Gasteiger partial charge in [-0.15, -0.1) is 0 Å². The van der Waals surface area contributed by atoms with E-state index in [2.05, 4.69) is 21.2 Å². The molecule has 0 bridgehead atoms. The van der Waals surface area contributed by atoms with Crippen molar-refractivity contribution in [2.45, 2.75) is 15.2 Å². The number of β-amino-alcohol motifs (C(OH)–C–C–N with tert-alkyl or cyclic N) is 1. The summed E-state index contributed by atoms with van der Waals surface area (Å²) in [6, 6.07) is 8.41. The summed E-state index contributed by atoms with van der Waals surface area (Å²) in [6.45, 7) is 1.76. The van der Waals surface area contributed by atoms with Gasteiger partial charge >= 0.3 is 0 Å². The Bertz CT molecular complexity index is 507. The predicted octanol–water partition coefficient (Wildman–Crippen LogP) is 0.405. The highest BCUT2D eigenvalue weighted by Crippen LogP contribution is 2.24. The Morgan fingerprint density at radius 1 is 1.37 bits per heavy atom. The number of benzene rings is 1. The average Bonchev–Trinajstić information content (AvgIpc) is 2.42. The molecule has 1 aliphatic heterocycles. The van der Waals surface area contributed by atoms with E-state index >= 15 is 0 Å². The lowest BCUT2D eigenvalue weighted by atomic mass is 10.3. The number of piperazine rings is 1. The molecule has 19 heavy (non-hydrogen) atoms. The number of nitrogens with one attached hydrogen (secondary N) is 1. The quantitative estimate of drug-likeness (QED) is 0.609. The summed E-state index contributed by atoms with van der Waals surface area (Å²) in [5.74, 6) is 0. The number of nitrogens with zero attached hydrogens (tertiary/aromatic N) is 1. The molecule has 2 unspecified atom stereocenters. The first kappa shape index (κ1) is 14.9. The van der Waals surface area contributed by atoms with Gasteiger partial charge in [-0.05, 0) is 12.1 Å². The van der Waals surface area contributed by atoms with E-state index in [9.17, 15) is 8.42 Å². The Labute approximate surface area is 121 Å². The van der Waals surface area contributed by atoms with Gasteiger partial charge < -0.3 is 5.11 Å². The molecule has 0 aliphatic carbocycles. The van der Waals surface area contributed by atoms with Gasteiger partial charge in [0, 0.05) is 19.6 Å². The molecule has 7 heteroatoms. The van der Waals surface area contributed by atoms with Gasteiger partial charge in [-0.3, -0.25) is 10.2 Å². The smallest absolute Gasteiger partial charge is 0.196 e. The number of hydrogen-bond acceptors (Lipinski definition) is 5. The Morgan fingerprint density at radius 3 is 2.68 bits per heavy atom. The molecule has 0 saturated carbocycles. The van der Waals surface area contributed by atoms with Gasteiger partial charge in [0.15, 0.2) is 9.84 Å². The van der Waals surface area contributed by atoms with Crippen LogP contribution in [0.5, 0.6) is 0 Å². The van der Waals surface area contributed by atoms with E-state index in [0.29, 0.717) is 24.5 Å². The minimum atomic E-state index is -3.44. The van der Waals surface area contributed by atoms with Crippen LogP contribution in [0.2, 0.25) is 0 Å². The normalized spacial score (nSPS) is 25.4. The number of aliphatic hydroxyl groups excluding tert-OH is 1. The average molecular weight is 349 g/mol. The van der Waals surface area contributed by atoms with Crippen molar-refractivity contribution in [2.24, 2.45) is 0 Å². The second-order valence-electron chi connectivity index (χ2n) is 4.37. The van der Waals surface area contributed by atoms with Crippen LogP contribution in [-0.2, 0) is 9.84 Å². The first-order valence-electron chi connectivity index (χ1n) is 6.08. The highest BCUT2D eigenvalue weighted by molar-refractivity contribution is 9.09. The molecule has 0 aromatic heterocycles. The van der Waals surface area contributed by atoms with Gasteiger partial charge in [-0.1, -0.05) is 34.1 Å². The van der Waals surface area contributed by atoms with Crippen molar-refractivity contribution in [2.75, 3.05) is 26.2 Å². The molecule has 2 rings (SSSR count). The molecule has 2 atom stereocenters. The van der Waals surface area contributed by atoms with E-state index in [-0.39, 0.29) is 11.6 Å². The predicted molar refractivity (Wildman–Crippen MR) is 76.8 cm³/mol. The summed E-state index contributed by atoms with van der Waals surface area (Å²) < 4.78 is 25.1. The van der Waals surface area contributed by atoms with Crippen LogP contribution in [0.25, 0.3) is 0 Å². The zero-order valence-electron chi connectivity index (χ0n) is 10.4. The zero-order valence-corrected chi connectivity index (χ0v) is 12.8. The van der Waals surface area contributed by atoms with Crippen LogP contribution in [0.3, 0.4) is 0 Å². The second-order valence-corrected chi connectivity index (χ2v) is 7.37. The molecule has 1 aliphatic rings. The summed E-state index contributed by atoms with van der Waals surface area (Å²) in [5.41, 5.74) is 0. The molecule has 1 fully saturated rings. The molecule has 1 aromatic carbocycles. The molecule has 1 saturated heterocycles. The molecule has 0 spiro atoms. The molecular weight excluding hydrogens is 332 g/mol. The van der Waals surface area contributed by atoms with Crippen molar-refractivity contribution in [3.05, 3.63) is 30.3 Å². The Balaban J connectivity index is 2.25. The van der Waals surface area contributed by atoms with Crippen LogP contribution in [0.15, 0.2) is 35.2 Å². The van der Waals surface area contributed by atoms with E-state index < -0.39 is 15.2 Å². The number of hydrogen-bond donors (Lipinski definition) is 2. The van der Waals surface area contributed by atoms with Crippen molar-refractivity contribution < 1.29 is 13.5 Å². The molecule has 2 N–H and O–H groups in total. The lowest BCUT2D eigenvalue weighted by Crippen LogP contribution is -2.58. The zero-order chi connectivity index (χ0) is 13.9. The number of sulfone groups is 1. The summed E-state index contributed by atoms with van der Waals surface area (Å²) in [4.78, 5) is 1.88. The highest BCUT2D eigenvalue weighted by atomic mass is 79.9. The van der Waals surface area contributed by atoms with Gasteiger partial charge in [0.25, 0.3) is 0 Å². The number of aliphatic hydroxyl groups is 1. The maximum absolute atomic E-state index is 12.6. The highest BCUT2D eigenvalue weighted by Gasteiger charge is 2.38. The van der Waals surface area contributed by atoms with Crippen molar-refractivity contribution >= 4 is 25.8 Å². The summed E-state index contributed by atoms with van der Waals surface area (Å²) >= 11 is 3.43. The molecule has 0 radical (unpaired) electrons. The van der Waals surface area contributed by atoms with Crippen molar-refractivity contribution in [3.8, 4) is 0 Å². The Kier molecular flexibility index (Phi) is 4.97. The molecule has 1 heterocycles. The molecule has 5 nitrogen and oxygen atoms in total. The fourth-order valence-corrected chi connectivity index (χ4v) is 5.22. The van der Waals surface area contributed by atoms with E-state index in [1.807, 2.05) is 4.90 Å². The third-order valence-corrected chi connectivity index (χ3v) is 6.62. The van der Waals surface area contributed by atoms with E-state index in [0.717, 1.165) is 0 Å². The summed E-state index contributed by atoms with van der Waals surface area (Å²) in [5, 5.41) is 11.3. The minimum absolute atomic E-state index is 0.0141. The van der Waals surface area contributed by atoms with Gasteiger partial charge in [0.1, 0.15) is 5.37 Å². The molecule has 1 aromatic rings. The molecule has 0 amide bonds. The van der Waals surface area contributed by atoms with Crippen LogP contribution in [0.1, 0.15) is 0 Å². The lowest BCUT2D eigenvalue weighted by molar-refractivity contribution is 0.161. The van der Waals surface area contributed by atoms with Gasteiger partial charge in [0.05, 0.1) is 16.5 Å². The Hall–Kier alpha value is -0.470. The first-order chi connectivity index (χ1) is 9.07. The topological polar surface area (TPSA) is 69.6 Å². The van der Waals surface area contributed by atoms with Crippen molar-refractivity contribution in [1.29, 1.82) is 0 Å². The van der Waals surface area contributed by atoms with Crippen LogP contribution in [0.4, 0.5) is 0 Å². The third-order valence-electron chi connectivity index (χ3n) is 3.14. The maximum Gasteiger partial charge on any atom is 0.196 e. The second kappa shape index (κ2) is 6.32. The Morgan fingerprint density at radius 2 is 2.05 bits per heavy atom. The minimum Gasteiger partial charge on any atom is -0.395 e. The molecule has 106 valence electrons.